The van der Waals surface area contributed by atoms with E-state index in [1.54, 1.807) is 0 Å². The number of carbonyl (C=O) groups is 1. The summed E-state index contributed by atoms with van der Waals surface area (Å²) in [5, 5.41) is 9.58. The van der Waals surface area contributed by atoms with E-state index in [-0.39, 0.29) is 16.8 Å². The van der Waals surface area contributed by atoms with E-state index in [0.29, 0.717) is 10.9 Å². The zero-order chi connectivity index (χ0) is 15.0. The fourth-order valence-electron chi connectivity index (χ4n) is 2.08. The molecule has 0 saturated carbocycles. The second-order valence-electron chi connectivity index (χ2n) is 4.41. The molecule has 104 valence electrons. The molecule has 0 bridgehead atoms. The molecule has 4 nitrogen and oxygen atoms in total. The molecule has 1 aromatic carbocycles. The standard InChI is InChI=1S/C15H8F2N2O2/c16-9-1-2-11-12(15(20)21)5-13(19-14(11)4-9)8-3-10(17)7-18-6-8/h1-7H,(H,20,21). The van der Waals surface area contributed by atoms with Crippen molar-refractivity contribution >= 4 is 16.9 Å². The van der Waals surface area contributed by atoms with Gasteiger partial charge in [0.25, 0.3) is 0 Å². The molecule has 0 fully saturated rings. The van der Waals surface area contributed by atoms with Crippen molar-refractivity contribution in [2.45, 2.75) is 0 Å². The lowest BCUT2D eigenvalue weighted by molar-refractivity contribution is 0.0699. The Hall–Kier alpha value is -2.89. The van der Waals surface area contributed by atoms with Gasteiger partial charge in [-0.2, -0.15) is 0 Å². The molecule has 6 heteroatoms. The molecular weight excluding hydrogens is 278 g/mol. The number of hydrogen-bond acceptors (Lipinski definition) is 3. The SMILES string of the molecule is O=C(O)c1cc(-c2cncc(F)c2)nc2cc(F)ccc12. The summed E-state index contributed by atoms with van der Waals surface area (Å²) in [6, 6.07) is 6.16. The highest BCUT2D eigenvalue weighted by molar-refractivity contribution is 6.03. The molecule has 21 heavy (non-hydrogen) atoms. The van der Waals surface area contributed by atoms with E-state index < -0.39 is 17.6 Å². The van der Waals surface area contributed by atoms with Crippen molar-refractivity contribution < 1.29 is 18.7 Å². The molecule has 1 N–H and O–H groups in total. The topological polar surface area (TPSA) is 63.1 Å². The lowest BCUT2D eigenvalue weighted by Crippen LogP contribution is -2.01. The average molecular weight is 286 g/mol. The summed E-state index contributed by atoms with van der Waals surface area (Å²) in [5.74, 6) is -2.26. The van der Waals surface area contributed by atoms with Crippen LogP contribution in [0.1, 0.15) is 10.4 Å². The monoisotopic (exact) mass is 286 g/mol. The second kappa shape index (κ2) is 4.90. The molecule has 3 rings (SSSR count). The van der Waals surface area contributed by atoms with E-state index in [4.69, 9.17) is 0 Å². The smallest absolute Gasteiger partial charge is 0.336 e. The molecule has 0 aliphatic rings. The number of nitrogens with zero attached hydrogens (tertiary/aromatic N) is 2. The number of rotatable bonds is 2. The third-order valence-electron chi connectivity index (χ3n) is 3.00. The predicted octanol–water partition coefficient (Wildman–Crippen LogP) is 3.27. The number of benzene rings is 1. The Balaban J connectivity index is 2.32. The minimum Gasteiger partial charge on any atom is -0.478 e. The van der Waals surface area contributed by atoms with Crippen LogP contribution in [0.2, 0.25) is 0 Å². The van der Waals surface area contributed by atoms with Gasteiger partial charge >= 0.3 is 5.97 Å². The number of aromatic nitrogens is 2. The zero-order valence-electron chi connectivity index (χ0n) is 10.5. The normalized spacial score (nSPS) is 10.8. The van der Waals surface area contributed by atoms with Crippen LogP contribution in [-0.4, -0.2) is 21.0 Å². The van der Waals surface area contributed by atoms with Crippen LogP contribution in [0.4, 0.5) is 8.78 Å². The number of aromatic carboxylic acids is 1. The molecule has 3 aromatic rings. The quantitative estimate of drug-likeness (QED) is 0.785. The highest BCUT2D eigenvalue weighted by atomic mass is 19.1. The Bertz CT molecular complexity index is 865. The Morgan fingerprint density at radius 1 is 1.05 bits per heavy atom. The van der Waals surface area contributed by atoms with Gasteiger partial charge in [0.2, 0.25) is 0 Å². The highest BCUT2D eigenvalue weighted by Gasteiger charge is 2.14. The Labute approximate surface area is 117 Å². The summed E-state index contributed by atoms with van der Waals surface area (Å²) in [7, 11) is 0. The van der Waals surface area contributed by atoms with E-state index in [2.05, 4.69) is 9.97 Å². The summed E-state index contributed by atoms with van der Waals surface area (Å²) < 4.78 is 26.5. The van der Waals surface area contributed by atoms with Crippen molar-refractivity contribution in [3.05, 3.63) is 59.9 Å². The maximum absolute atomic E-state index is 13.3. The first-order valence-corrected chi connectivity index (χ1v) is 5.99. The van der Waals surface area contributed by atoms with Crippen LogP contribution in [0.5, 0.6) is 0 Å². The largest absolute Gasteiger partial charge is 0.478 e. The van der Waals surface area contributed by atoms with Gasteiger partial charge in [0.05, 0.1) is 23.0 Å². The number of pyridine rings is 2. The zero-order valence-corrected chi connectivity index (χ0v) is 10.5. The van der Waals surface area contributed by atoms with Crippen molar-refractivity contribution in [2.24, 2.45) is 0 Å². The molecule has 0 amide bonds. The van der Waals surface area contributed by atoms with Gasteiger partial charge in [-0.1, -0.05) is 0 Å². The first-order valence-electron chi connectivity index (χ1n) is 5.99. The van der Waals surface area contributed by atoms with Crippen molar-refractivity contribution in [3.8, 4) is 11.3 Å². The molecule has 0 aliphatic carbocycles. The van der Waals surface area contributed by atoms with Crippen LogP contribution in [0.15, 0.2) is 42.7 Å². The number of halogens is 2. The molecule has 0 atom stereocenters. The summed E-state index contributed by atoms with van der Waals surface area (Å²) in [4.78, 5) is 19.2. The minimum absolute atomic E-state index is 0.0285. The van der Waals surface area contributed by atoms with Gasteiger partial charge in [-0.25, -0.2) is 18.6 Å². The molecular formula is C15H8F2N2O2. The Morgan fingerprint density at radius 2 is 1.86 bits per heavy atom. The molecule has 0 unspecified atom stereocenters. The van der Waals surface area contributed by atoms with Crippen LogP contribution >= 0.6 is 0 Å². The van der Waals surface area contributed by atoms with Crippen molar-refractivity contribution in [3.63, 3.8) is 0 Å². The fraction of sp³-hybridized carbons (Fsp3) is 0. The lowest BCUT2D eigenvalue weighted by Gasteiger charge is -2.07. The van der Waals surface area contributed by atoms with E-state index in [1.807, 2.05) is 0 Å². The molecule has 2 heterocycles. The van der Waals surface area contributed by atoms with Crippen LogP contribution in [0.3, 0.4) is 0 Å². The van der Waals surface area contributed by atoms with Crippen molar-refractivity contribution in [1.82, 2.24) is 9.97 Å². The van der Waals surface area contributed by atoms with Gasteiger partial charge in [0.15, 0.2) is 0 Å². The van der Waals surface area contributed by atoms with E-state index in [1.165, 1.54) is 30.5 Å². The molecule has 2 aromatic heterocycles. The van der Waals surface area contributed by atoms with Crippen molar-refractivity contribution in [1.29, 1.82) is 0 Å². The van der Waals surface area contributed by atoms with Crippen LogP contribution in [-0.2, 0) is 0 Å². The predicted molar refractivity (Wildman–Crippen MR) is 71.8 cm³/mol. The summed E-state index contributed by atoms with van der Waals surface area (Å²) in [5.41, 5.74) is 0.703. The highest BCUT2D eigenvalue weighted by Crippen LogP contribution is 2.25. The van der Waals surface area contributed by atoms with Gasteiger partial charge in [0.1, 0.15) is 11.6 Å². The number of carboxylic acids is 1. The minimum atomic E-state index is -1.17. The molecule has 0 radical (unpaired) electrons. The summed E-state index contributed by atoms with van der Waals surface area (Å²) >= 11 is 0. The Morgan fingerprint density at radius 3 is 2.57 bits per heavy atom. The summed E-state index contributed by atoms with van der Waals surface area (Å²) in [6.07, 6.45) is 2.39. The summed E-state index contributed by atoms with van der Waals surface area (Å²) in [6.45, 7) is 0. The van der Waals surface area contributed by atoms with Gasteiger partial charge in [-0.15, -0.1) is 0 Å². The fourth-order valence-corrected chi connectivity index (χ4v) is 2.08. The lowest BCUT2D eigenvalue weighted by atomic mass is 10.0. The maximum atomic E-state index is 13.3. The van der Waals surface area contributed by atoms with Crippen LogP contribution < -0.4 is 0 Å². The third-order valence-corrected chi connectivity index (χ3v) is 3.00. The van der Waals surface area contributed by atoms with Crippen LogP contribution in [0.25, 0.3) is 22.2 Å². The van der Waals surface area contributed by atoms with Gasteiger partial charge < -0.3 is 5.11 Å². The average Bonchev–Trinajstić information content (AvgIpc) is 2.45. The van der Waals surface area contributed by atoms with E-state index in [0.717, 1.165) is 12.3 Å². The first kappa shape index (κ1) is 13.1. The molecule has 0 saturated heterocycles. The number of fused-ring (bicyclic) bond motifs is 1. The number of carboxylic acid groups (broad SMARTS) is 1. The maximum Gasteiger partial charge on any atom is 0.336 e. The Kier molecular flexibility index (Phi) is 3.06. The molecule has 0 aliphatic heterocycles. The first-order chi connectivity index (χ1) is 10.0. The third kappa shape index (κ3) is 2.43. The van der Waals surface area contributed by atoms with E-state index >= 15 is 0 Å². The van der Waals surface area contributed by atoms with Gasteiger partial charge in [0, 0.05) is 23.2 Å². The van der Waals surface area contributed by atoms with Crippen LogP contribution in [0, 0.1) is 11.6 Å². The molecule has 0 spiro atoms. The number of hydrogen-bond donors (Lipinski definition) is 1. The van der Waals surface area contributed by atoms with E-state index in [9.17, 15) is 18.7 Å². The second-order valence-corrected chi connectivity index (χ2v) is 4.41. The van der Waals surface area contributed by atoms with Crippen molar-refractivity contribution in [2.75, 3.05) is 0 Å². The van der Waals surface area contributed by atoms with Gasteiger partial charge in [-0.05, 0) is 24.3 Å². The van der Waals surface area contributed by atoms with Gasteiger partial charge in [-0.3, -0.25) is 4.98 Å².